The molecule has 1 heterocycles. The minimum atomic E-state index is 0.169. The van der Waals surface area contributed by atoms with E-state index in [0.717, 1.165) is 45.1 Å². The summed E-state index contributed by atoms with van der Waals surface area (Å²) in [7, 11) is 0. The fourth-order valence-electron chi connectivity index (χ4n) is 2.72. The molecule has 0 amide bonds. The quantitative estimate of drug-likeness (QED) is 0.788. The van der Waals surface area contributed by atoms with E-state index in [2.05, 4.69) is 23.6 Å². The fraction of sp³-hybridized carbons (Fsp3) is 0.278. The Balaban J connectivity index is 2.17. The van der Waals surface area contributed by atoms with Crippen LogP contribution in [0, 0.1) is 6.92 Å². The van der Waals surface area contributed by atoms with Crippen molar-refractivity contribution in [1.82, 2.24) is 9.55 Å². The van der Waals surface area contributed by atoms with Gasteiger partial charge in [0.15, 0.2) is 0 Å². The van der Waals surface area contributed by atoms with Crippen LogP contribution < -0.4 is 0 Å². The third kappa shape index (κ3) is 2.62. The van der Waals surface area contributed by atoms with Gasteiger partial charge in [0.05, 0.1) is 11.0 Å². The Bertz CT molecular complexity index is 806. The lowest BCUT2D eigenvalue weighted by Crippen LogP contribution is -2.00. The maximum atomic E-state index is 9.02. The van der Waals surface area contributed by atoms with Gasteiger partial charge in [0.2, 0.25) is 0 Å². The molecule has 114 valence electrons. The number of nitrogens with zero attached hydrogens (tertiary/aromatic N) is 2. The van der Waals surface area contributed by atoms with Crippen LogP contribution in [0.4, 0.5) is 0 Å². The van der Waals surface area contributed by atoms with Crippen LogP contribution in [-0.4, -0.2) is 21.3 Å². The van der Waals surface area contributed by atoms with E-state index in [4.69, 9.17) is 21.7 Å². The Labute approximate surface area is 135 Å². The zero-order valence-corrected chi connectivity index (χ0v) is 13.6. The van der Waals surface area contributed by atoms with Crippen LogP contribution in [-0.2, 0) is 12.8 Å². The van der Waals surface area contributed by atoms with Crippen molar-refractivity contribution >= 4 is 22.6 Å². The summed E-state index contributed by atoms with van der Waals surface area (Å²) < 4.78 is 2.16. The lowest BCUT2D eigenvalue weighted by molar-refractivity contribution is 0.299. The molecule has 3 nitrogen and oxygen atoms in total. The molecule has 0 spiro atoms. The minimum absolute atomic E-state index is 0.169. The molecular weight excluding hydrogens is 296 g/mol. The summed E-state index contributed by atoms with van der Waals surface area (Å²) in [5, 5.41) is 9.78. The molecule has 0 bridgehead atoms. The van der Waals surface area contributed by atoms with E-state index in [1.807, 2.05) is 31.2 Å². The Hall–Kier alpha value is -1.84. The summed E-state index contributed by atoms with van der Waals surface area (Å²) in [6.07, 6.45) is 1.53. The van der Waals surface area contributed by atoms with Gasteiger partial charge < -0.3 is 5.11 Å². The number of aryl methyl sites for hydroxylation is 2. The van der Waals surface area contributed by atoms with E-state index in [9.17, 15) is 0 Å². The van der Waals surface area contributed by atoms with Gasteiger partial charge in [0.25, 0.3) is 0 Å². The largest absolute Gasteiger partial charge is 0.396 e. The molecule has 0 fully saturated rings. The topological polar surface area (TPSA) is 38.0 Å². The average Bonchev–Trinajstić information content (AvgIpc) is 2.86. The van der Waals surface area contributed by atoms with E-state index in [-0.39, 0.29) is 6.61 Å². The molecule has 0 radical (unpaired) electrons. The van der Waals surface area contributed by atoms with Crippen molar-refractivity contribution in [2.24, 2.45) is 0 Å². The molecule has 2 aromatic carbocycles. The van der Waals surface area contributed by atoms with Crippen LogP contribution in [0.15, 0.2) is 36.4 Å². The highest BCUT2D eigenvalue weighted by Gasteiger charge is 2.12. The van der Waals surface area contributed by atoms with E-state index < -0.39 is 0 Å². The van der Waals surface area contributed by atoms with E-state index in [1.54, 1.807) is 0 Å². The van der Waals surface area contributed by atoms with Gasteiger partial charge in [0, 0.05) is 23.7 Å². The fourth-order valence-corrected chi connectivity index (χ4v) is 2.88. The van der Waals surface area contributed by atoms with Crippen molar-refractivity contribution in [2.45, 2.75) is 26.7 Å². The number of hydrogen-bond donors (Lipinski definition) is 1. The van der Waals surface area contributed by atoms with Crippen LogP contribution in [0.25, 0.3) is 16.7 Å². The number of rotatable bonds is 4. The number of aliphatic hydroxyl groups excluding tert-OH is 1. The molecule has 4 heteroatoms. The predicted octanol–water partition coefficient (Wildman–Crippen LogP) is 4.08. The van der Waals surface area contributed by atoms with Crippen LogP contribution in [0.1, 0.15) is 23.9 Å². The smallest absolute Gasteiger partial charge is 0.114 e. The monoisotopic (exact) mass is 314 g/mol. The van der Waals surface area contributed by atoms with E-state index in [0.29, 0.717) is 6.42 Å². The van der Waals surface area contributed by atoms with Crippen molar-refractivity contribution in [3.63, 3.8) is 0 Å². The van der Waals surface area contributed by atoms with E-state index in [1.165, 1.54) is 0 Å². The highest BCUT2D eigenvalue weighted by molar-refractivity contribution is 6.32. The molecule has 22 heavy (non-hydrogen) atoms. The molecule has 1 aromatic heterocycles. The van der Waals surface area contributed by atoms with Gasteiger partial charge in [-0.3, -0.25) is 4.57 Å². The summed E-state index contributed by atoms with van der Waals surface area (Å²) in [5.41, 5.74) is 5.24. The van der Waals surface area contributed by atoms with Crippen LogP contribution in [0.5, 0.6) is 0 Å². The minimum Gasteiger partial charge on any atom is -0.396 e. The van der Waals surface area contributed by atoms with Crippen LogP contribution in [0.3, 0.4) is 0 Å². The lowest BCUT2D eigenvalue weighted by atomic mass is 10.1. The molecule has 3 aromatic rings. The van der Waals surface area contributed by atoms with Gasteiger partial charge in [-0.25, -0.2) is 4.98 Å². The molecular formula is C18H19ClN2O. The summed E-state index contributed by atoms with van der Waals surface area (Å²) >= 11 is 6.30. The maximum absolute atomic E-state index is 9.02. The number of hydrogen-bond acceptors (Lipinski definition) is 2. The standard InChI is InChI=1S/C18H19ClN2O/c1-3-18-20-16-10-12(2)15(19)11-17(16)21(18)14-6-4-13(5-7-14)8-9-22/h4-7,10-11,22H,3,8-9H2,1-2H3. The molecule has 0 atom stereocenters. The van der Waals surface area contributed by atoms with Crippen molar-refractivity contribution in [2.75, 3.05) is 6.61 Å². The molecule has 1 N–H and O–H groups in total. The van der Waals surface area contributed by atoms with Crippen molar-refractivity contribution < 1.29 is 5.11 Å². The van der Waals surface area contributed by atoms with Crippen LogP contribution >= 0.6 is 11.6 Å². The highest BCUT2D eigenvalue weighted by atomic mass is 35.5. The Morgan fingerprint density at radius 3 is 2.55 bits per heavy atom. The molecule has 0 saturated heterocycles. The maximum Gasteiger partial charge on any atom is 0.114 e. The second kappa shape index (κ2) is 6.11. The first-order chi connectivity index (χ1) is 10.6. The Morgan fingerprint density at radius 1 is 1.18 bits per heavy atom. The second-order valence-electron chi connectivity index (χ2n) is 5.45. The van der Waals surface area contributed by atoms with Crippen molar-refractivity contribution in [1.29, 1.82) is 0 Å². The first-order valence-electron chi connectivity index (χ1n) is 7.51. The molecule has 0 aliphatic rings. The first-order valence-corrected chi connectivity index (χ1v) is 7.89. The van der Waals surface area contributed by atoms with Crippen molar-refractivity contribution in [3.8, 4) is 5.69 Å². The predicted molar refractivity (Wildman–Crippen MR) is 91.0 cm³/mol. The number of imidazole rings is 1. The number of benzene rings is 2. The number of aromatic nitrogens is 2. The van der Waals surface area contributed by atoms with Gasteiger partial charge in [-0.2, -0.15) is 0 Å². The number of halogens is 1. The number of fused-ring (bicyclic) bond motifs is 1. The molecule has 0 aliphatic heterocycles. The van der Waals surface area contributed by atoms with Gasteiger partial charge in [-0.05, 0) is 48.7 Å². The number of aliphatic hydroxyl groups is 1. The van der Waals surface area contributed by atoms with Gasteiger partial charge >= 0.3 is 0 Å². The van der Waals surface area contributed by atoms with Crippen LogP contribution in [0.2, 0.25) is 5.02 Å². The summed E-state index contributed by atoms with van der Waals surface area (Å²) in [4.78, 5) is 4.73. The Morgan fingerprint density at radius 2 is 1.91 bits per heavy atom. The summed E-state index contributed by atoms with van der Waals surface area (Å²) in [5.74, 6) is 1.02. The van der Waals surface area contributed by atoms with E-state index >= 15 is 0 Å². The zero-order valence-electron chi connectivity index (χ0n) is 12.8. The molecule has 3 rings (SSSR count). The third-order valence-corrected chi connectivity index (χ3v) is 4.32. The van der Waals surface area contributed by atoms with Gasteiger partial charge in [-0.15, -0.1) is 0 Å². The highest BCUT2D eigenvalue weighted by Crippen LogP contribution is 2.27. The van der Waals surface area contributed by atoms with Crippen molar-refractivity contribution in [3.05, 3.63) is 58.4 Å². The zero-order chi connectivity index (χ0) is 15.7. The average molecular weight is 315 g/mol. The second-order valence-corrected chi connectivity index (χ2v) is 5.85. The summed E-state index contributed by atoms with van der Waals surface area (Å²) in [6.45, 7) is 4.27. The van der Waals surface area contributed by atoms with Gasteiger partial charge in [0.1, 0.15) is 5.82 Å². The Kier molecular flexibility index (Phi) is 4.19. The molecule has 0 unspecified atom stereocenters. The SMILES string of the molecule is CCc1nc2cc(C)c(Cl)cc2n1-c1ccc(CCO)cc1. The lowest BCUT2D eigenvalue weighted by Gasteiger charge is -2.10. The summed E-state index contributed by atoms with van der Waals surface area (Å²) in [6, 6.07) is 12.3. The molecule has 0 saturated carbocycles. The molecule has 0 aliphatic carbocycles. The normalized spacial score (nSPS) is 11.3. The first kappa shape index (κ1) is 15.1. The third-order valence-electron chi connectivity index (χ3n) is 3.92. The van der Waals surface area contributed by atoms with Gasteiger partial charge in [-0.1, -0.05) is 30.7 Å².